The van der Waals surface area contributed by atoms with E-state index in [1.807, 2.05) is 0 Å². The highest BCUT2D eigenvalue weighted by Crippen LogP contribution is 2.29. The van der Waals surface area contributed by atoms with Crippen LogP contribution >= 0.6 is 0 Å². The summed E-state index contributed by atoms with van der Waals surface area (Å²) in [5, 5.41) is 3.46. The summed E-state index contributed by atoms with van der Waals surface area (Å²) < 4.78 is 0. The van der Waals surface area contributed by atoms with Crippen molar-refractivity contribution in [3.63, 3.8) is 0 Å². The van der Waals surface area contributed by atoms with Crippen molar-refractivity contribution in [2.24, 2.45) is 5.92 Å². The van der Waals surface area contributed by atoms with Crippen molar-refractivity contribution < 1.29 is 5.48 Å². The second-order valence-electron chi connectivity index (χ2n) is 2.78. The fourth-order valence-electron chi connectivity index (χ4n) is 1.78. The first-order valence-corrected chi connectivity index (χ1v) is 3.18. The summed E-state index contributed by atoms with van der Waals surface area (Å²) >= 11 is 0. The third-order valence-electron chi connectivity index (χ3n) is 2.24. The molecule has 0 radical (unpaired) electrons. The average Bonchev–Trinajstić information content (AvgIpc) is 2.22. The zero-order chi connectivity index (χ0) is 4.69. The van der Waals surface area contributed by atoms with E-state index in [1.54, 1.807) is 0 Å². The molecule has 0 aromatic carbocycles. The number of rotatable bonds is 0. The van der Waals surface area contributed by atoms with Gasteiger partial charge in [-0.1, -0.05) is 0 Å². The van der Waals surface area contributed by atoms with Gasteiger partial charge in [-0.2, -0.15) is 0 Å². The van der Waals surface area contributed by atoms with Gasteiger partial charge in [0.15, 0.2) is 0 Å². The summed E-state index contributed by atoms with van der Waals surface area (Å²) in [6.07, 6.45) is 4.42. The monoisotopic (exact) mass is 132 g/mol. The molecule has 2 aliphatic rings. The Balaban J connectivity index is 0.000000320. The Morgan fingerprint density at radius 2 is 2.00 bits per heavy atom. The standard InChI is InChI=1S/C6H11N.H3N.H2O/c1-2-6-3-5(1)4-7-6;;/h5-7H,1-4H2;1H3;1H2. The zero-order valence-corrected chi connectivity index (χ0v) is 5.69. The molecule has 0 aromatic rings. The molecule has 56 valence electrons. The quantitative estimate of drug-likeness (QED) is 0.490. The SMILES string of the molecule is C1CC2CC1CN2.N.O. The molecule has 9 heavy (non-hydrogen) atoms. The highest BCUT2D eigenvalue weighted by molar-refractivity contribution is 4.88. The molecule has 2 unspecified atom stereocenters. The topological polar surface area (TPSA) is 78.5 Å². The number of hydrogen-bond acceptors (Lipinski definition) is 2. The van der Waals surface area contributed by atoms with Gasteiger partial charge in [-0.25, -0.2) is 0 Å². The molecular formula is C6H16N2O. The molecule has 3 heteroatoms. The maximum absolute atomic E-state index is 3.46. The highest BCUT2D eigenvalue weighted by Gasteiger charge is 2.30. The van der Waals surface area contributed by atoms with Crippen LogP contribution in [0.5, 0.6) is 0 Å². The molecule has 6 N–H and O–H groups in total. The molecular weight excluding hydrogens is 116 g/mol. The Bertz CT molecular complexity index is 69.1. The second-order valence-corrected chi connectivity index (χ2v) is 2.78. The maximum atomic E-state index is 3.46. The van der Waals surface area contributed by atoms with Crippen molar-refractivity contribution in [2.75, 3.05) is 6.54 Å². The van der Waals surface area contributed by atoms with Crippen LogP contribution in [0.25, 0.3) is 0 Å². The maximum Gasteiger partial charge on any atom is 0.00704 e. The minimum atomic E-state index is 0. The lowest BCUT2D eigenvalue weighted by Gasteiger charge is -2.08. The van der Waals surface area contributed by atoms with Gasteiger partial charge in [0.2, 0.25) is 0 Å². The Hall–Kier alpha value is -0.120. The summed E-state index contributed by atoms with van der Waals surface area (Å²) in [6.45, 7) is 1.31. The van der Waals surface area contributed by atoms with Gasteiger partial charge >= 0.3 is 0 Å². The van der Waals surface area contributed by atoms with Gasteiger partial charge in [0.05, 0.1) is 0 Å². The fraction of sp³-hybridized carbons (Fsp3) is 1.00. The van der Waals surface area contributed by atoms with Gasteiger partial charge in [0.25, 0.3) is 0 Å². The average molecular weight is 132 g/mol. The van der Waals surface area contributed by atoms with E-state index in [-0.39, 0.29) is 11.6 Å². The predicted molar refractivity (Wildman–Crippen MR) is 37.8 cm³/mol. The first-order chi connectivity index (χ1) is 3.45. The van der Waals surface area contributed by atoms with Crippen LogP contribution in [-0.4, -0.2) is 18.1 Å². The van der Waals surface area contributed by atoms with E-state index in [9.17, 15) is 0 Å². The minimum Gasteiger partial charge on any atom is -0.412 e. The summed E-state index contributed by atoms with van der Waals surface area (Å²) in [5.41, 5.74) is 0. The van der Waals surface area contributed by atoms with Crippen molar-refractivity contribution in [3.8, 4) is 0 Å². The lowest BCUT2D eigenvalue weighted by molar-refractivity contribution is 0.504. The van der Waals surface area contributed by atoms with Gasteiger partial charge in [-0.05, 0) is 31.7 Å². The van der Waals surface area contributed by atoms with Crippen LogP contribution in [0.15, 0.2) is 0 Å². The van der Waals surface area contributed by atoms with E-state index in [0.29, 0.717) is 0 Å². The smallest absolute Gasteiger partial charge is 0.00704 e. The zero-order valence-electron chi connectivity index (χ0n) is 5.69. The number of fused-ring (bicyclic) bond motifs is 2. The van der Waals surface area contributed by atoms with Crippen molar-refractivity contribution in [3.05, 3.63) is 0 Å². The fourth-order valence-corrected chi connectivity index (χ4v) is 1.78. The molecule has 2 bridgehead atoms. The van der Waals surface area contributed by atoms with Crippen LogP contribution in [0.4, 0.5) is 0 Å². The van der Waals surface area contributed by atoms with Crippen LogP contribution in [-0.2, 0) is 0 Å². The molecule has 0 amide bonds. The van der Waals surface area contributed by atoms with Crippen LogP contribution < -0.4 is 11.5 Å². The van der Waals surface area contributed by atoms with Crippen molar-refractivity contribution in [2.45, 2.75) is 25.3 Å². The largest absolute Gasteiger partial charge is 0.412 e. The van der Waals surface area contributed by atoms with Crippen LogP contribution in [0.2, 0.25) is 0 Å². The van der Waals surface area contributed by atoms with E-state index in [4.69, 9.17) is 0 Å². The Labute approximate surface area is 55.7 Å². The van der Waals surface area contributed by atoms with E-state index < -0.39 is 0 Å². The van der Waals surface area contributed by atoms with E-state index in [2.05, 4.69) is 5.32 Å². The van der Waals surface area contributed by atoms with E-state index in [0.717, 1.165) is 12.0 Å². The van der Waals surface area contributed by atoms with Crippen molar-refractivity contribution in [1.82, 2.24) is 11.5 Å². The molecule has 2 atom stereocenters. The molecule has 1 saturated carbocycles. The molecule has 0 spiro atoms. The lowest BCUT2D eigenvalue weighted by Crippen LogP contribution is -2.23. The summed E-state index contributed by atoms with van der Waals surface area (Å²) in [5.74, 6) is 1.06. The van der Waals surface area contributed by atoms with Crippen molar-refractivity contribution in [1.29, 1.82) is 0 Å². The minimum absolute atomic E-state index is 0. The number of nitrogens with one attached hydrogen (secondary N) is 1. The Morgan fingerprint density at radius 3 is 2.11 bits per heavy atom. The Morgan fingerprint density at radius 1 is 1.22 bits per heavy atom. The third kappa shape index (κ3) is 1.41. The molecule has 1 saturated heterocycles. The summed E-state index contributed by atoms with van der Waals surface area (Å²) in [7, 11) is 0. The molecule has 2 rings (SSSR count). The normalized spacial score (nSPS) is 37.3. The Kier molecular flexibility index (Phi) is 3.11. The first kappa shape index (κ1) is 8.88. The molecule has 0 aromatic heterocycles. The molecule has 2 fully saturated rings. The highest BCUT2D eigenvalue weighted by atomic mass is 16.0. The molecule has 1 aliphatic carbocycles. The summed E-state index contributed by atoms with van der Waals surface area (Å²) in [6, 6.07) is 0.921. The number of hydrogen-bond donors (Lipinski definition) is 2. The van der Waals surface area contributed by atoms with Crippen LogP contribution in [0.1, 0.15) is 19.3 Å². The number of piperidine rings is 1. The predicted octanol–water partition coefficient (Wildman–Crippen LogP) is 0.0956. The van der Waals surface area contributed by atoms with Gasteiger partial charge < -0.3 is 16.9 Å². The van der Waals surface area contributed by atoms with Gasteiger partial charge in [-0.15, -0.1) is 0 Å². The van der Waals surface area contributed by atoms with Gasteiger partial charge in [0.1, 0.15) is 0 Å². The van der Waals surface area contributed by atoms with E-state index >= 15 is 0 Å². The second kappa shape index (κ2) is 3.15. The third-order valence-corrected chi connectivity index (χ3v) is 2.24. The van der Waals surface area contributed by atoms with Crippen molar-refractivity contribution >= 4 is 0 Å². The van der Waals surface area contributed by atoms with Gasteiger partial charge in [-0.3, -0.25) is 0 Å². The molecule has 1 aliphatic heterocycles. The first-order valence-electron chi connectivity index (χ1n) is 3.18. The van der Waals surface area contributed by atoms with Gasteiger partial charge in [0, 0.05) is 6.04 Å². The molecule has 3 nitrogen and oxygen atoms in total. The lowest BCUT2D eigenvalue weighted by atomic mass is 10.1. The van der Waals surface area contributed by atoms with E-state index in [1.165, 1.54) is 25.8 Å². The van der Waals surface area contributed by atoms with Crippen LogP contribution in [0.3, 0.4) is 0 Å². The van der Waals surface area contributed by atoms with Crippen LogP contribution in [0, 0.1) is 5.92 Å². The molecule has 1 heterocycles. The summed E-state index contributed by atoms with van der Waals surface area (Å²) in [4.78, 5) is 0.